The van der Waals surface area contributed by atoms with E-state index in [1.165, 1.54) is 12.1 Å². The summed E-state index contributed by atoms with van der Waals surface area (Å²) in [5, 5.41) is 8.86. The second-order valence-electron chi connectivity index (χ2n) is 4.63. The normalized spacial score (nSPS) is 10.7. The lowest BCUT2D eigenvalue weighted by atomic mass is 10.1. The van der Waals surface area contributed by atoms with Crippen LogP contribution in [0, 0.1) is 5.92 Å². The van der Waals surface area contributed by atoms with E-state index in [4.69, 9.17) is 5.11 Å². The second kappa shape index (κ2) is 5.10. The number of carbonyl (C=O) groups is 2. The third-order valence-corrected chi connectivity index (χ3v) is 2.92. The van der Waals surface area contributed by atoms with E-state index in [1.807, 2.05) is 13.8 Å². The summed E-state index contributed by atoms with van der Waals surface area (Å²) in [5.41, 5.74) is 1.62. The van der Waals surface area contributed by atoms with Gasteiger partial charge in [-0.05, 0) is 36.4 Å². The summed E-state index contributed by atoms with van der Waals surface area (Å²) in [7, 11) is 0. The number of hydrogen-bond acceptors (Lipinski definition) is 2. The van der Waals surface area contributed by atoms with Crippen molar-refractivity contribution in [3.05, 3.63) is 53.9 Å². The lowest BCUT2D eigenvalue weighted by molar-refractivity contribution is 0.0696. The first-order valence-electron chi connectivity index (χ1n) is 6.06. The predicted molar refractivity (Wildman–Crippen MR) is 71.9 cm³/mol. The number of carbonyl (C=O) groups excluding carboxylic acids is 1. The van der Waals surface area contributed by atoms with Crippen molar-refractivity contribution in [2.75, 3.05) is 0 Å². The maximum absolute atomic E-state index is 12.1. The lowest BCUT2D eigenvalue weighted by Crippen LogP contribution is -2.12. The molecule has 0 spiro atoms. The third-order valence-electron chi connectivity index (χ3n) is 2.92. The van der Waals surface area contributed by atoms with Gasteiger partial charge in [-0.25, -0.2) is 4.79 Å². The minimum atomic E-state index is -0.961. The van der Waals surface area contributed by atoms with Crippen LogP contribution in [-0.2, 0) is 0 Å². The highest BCUT2D eigenvalue weighted by atomic mass is 16.4. The average Bonchev–Trinajstić information content (AvgIpc) is 2.86. The Labute approximate surface area is 111 Å². The molecule has 1 aromatic carbocycles. The van der Waals surface area contributed by atoms with E-state index in [1.54, 1.807) is 35.0 Å². The Morgan fingerprint density at radius 3 is 2.26 bits per heavy atom. The van der Waals surface area contributed by atoms with Crippen LogP contribution in [0.3, 0.4) is 0 Å². The molecule has 0 aliphatic rings. The van der Waals surface area contributed by atoms with Gasteiger partial charge in [-0.3, -0.25) is 4.79 Å². The van der Waals surface area contributed by atoms with Crippen LogP contribution in [0.25, 0.3) is 5.69 Å². The molecule has 0 amide bonds. The first-order chi connectivity index (χ1) is 9.00. The molecule has 0 unspecified atom stereocenters. The van der Waals surface area contributed by atoms with Gasteiger partial charge < -0.3 is 9.67 Å². The standard InChI is InChI=1S/C15H15NO3/c1-10(2)14(17)13-4-3-9-16(13)12-7-5-11(6-8-12)15(18)19/h3-10H,1-2H3,(H,18,19). The van der Waals surface area contributed by atoms with E-state index in [0.29, 0.717) is 5.69 Å². The van der Waals surface area contributed by atoms with E-state index in [2.05, 4.69) is 0 Å². The molecule has 4 nitrogen and oxygen atoms in total. The van der Waals surface area contributed by atoms with Crippen molar-refractivity contribution in [1.82, 2.24) is 4.57 Å². The second-order valence-corrected chi connectivity index (χ2v) is 4.63. The molecule has 19 heavy (non-hydrogen) atoms. The SMILES string of the molecule is CC(C)C(=O)c1cccn1-c1ccc(C(=O)O)cc1. The summed E-state index contributed by atoms with van der Waals surface area (Å²) < 4.78 is 1.77. The van der Waals surface area contributed by atoms with Gasteiger partial charge in [0.25, 0.3) is 0 Å². The van der Waals surface area contributed by atoms with Gasteiger partial charge in [0.1, 0.15) is 0 Å². The van der Waals surface area contributed by atoms with Crippen LogP contribution < -0.4 is 0 Å². The highest BCUT2D eigenvalue weighted by molar-refractivity contribution is 5.96. The molecule has 0 saturated carbocycles. The van der Waals surface area contributed by atoms with Crippen LogP contribution in [0.15, 0.2) is 42.6 Å². The number of carboxylic acids is 1. The van der Waals surface area contributed by atoms with Crippen molar-refractivity contribution >= 4 is 11.8 Å². The van der Waals surface area contributed by atoms with Crippen LogP contribution in [0.1, 0.15) is 34.7 Å². The first kappa shape index (κ1) is 13.1. The van der Waals surface area contributed by atoms with Crippen molar-refractivity contribution < 1.29 is 14.7 Å². The maximum atomic E-state index is 12.1. The minimum Gasteiger partial charge on any atom is -0.478 e. The quantitative estimate of drug-likeness (QED) is 0.856. The highest BCUT2D eigenvalue weighted by Crippen LogP contribution is 2.16. The van der Waals surface area contributed by atoms with Gasteiger partial charge in [-0.2, -0.15) is 0 Å². The Hall–Kier alpha value is -2.36. The van der Waals surface area contributed by atoms with E-state index in [-0.39, 0.29) is 17.3 Å². The molecule has 1 heterocycles. The van der Waals surface area contributed by atoms with Gasteiger partial charge in [0, 0.05) is 17.8 Å². The van der Waals surface area contributed by atoms with E-state index < -0.39 is 5.97 Å². The molecule has 0 aliphatic carbocycles. The van der Waals surface area contributed by atoms with Gasteiger partial charge in [0.2, 0.25) is 0 Å². The fraction of sp³-hybridized carbons (Fsp3) is 0.200. The third kappa shape index (κ3) is 2.57. The maximum Gasteiger partial charge on any atom is 0.335 e. The van der Waals surface area contributed by atoms with Gasteiger partial charge in [-0.15, -0.1) is 0 Å². The molecule has 0 bridgehead atoms. The fourth-order valence-corrected chi connectivity index (χ4v) is 1.87. The van der Waals surface area contributed by atoms with Crippen molar-refractivity contribution in [2.24, 2.45) is 5.92 Å². The molecule has 0 aliphatic heterocycles. The highest BCUT2D eigenvalue weighted by Gasteiger charge is 2.15. The zero-order valence-corrected chi connectivity index (χ0v) is 10.8. The molecular weight excluding hydrogens is 242 g/mol. The minimum absolute atomic E-state index is 0.0623. The predicted octanol–water partition coefficient (Wildman–Crippen LogP) is 3.01. The monoisotopic (exact) mass is 257 g/mol. The Bertz CT molecular complexity index is 609. The van der Waals surface area contributed by atoms with Gasteiger partial charge in [-0.1, -0.05) is 13.8 Å². The number of hydrogen-bond donors (Lipinski definition) is 1. The number of aromatic carboxylic acids is 1. The summed E-state index contributed by atoms with van der Waals surface area (Å²) in [6, 6.07) is 10.0. The van der Waals surface area contributed by atoms with Crippen LogP contribution >= 0.6 is 0 Å². The van der Waals surface area contributed by atoms with Crippen LogP contribution in [0.4, 0.5) is 0 Å². The van der Waals surface area contributed by atoms with Crippen molar-refractivity contribution in [3.63, 3.8) is 0 Å². The van der Waals surface area contributed by atoms with E-state index in [9.17, 15) is 9.59 Å². The molecule has 0 fully saturated rings. The number of aromatic nitrogens is 1. The number of nitrogens with zero attached hydrogens (tertiary/aromatic N) is 1. The summed E-state index contributed by atoms with van der Waals surface area (Å²) in [5.74, 6) is -0.975. The lowest BCUT2D eigenvalue weighted by Gasteiger charge is -2.10. The molecular formula is C15H15NO3. The molecule has 98 valence electrons. The van der Waals surface area contributed by atoms with Crippen molar-refractivity contribution in [3.8, 4) is 5.69 Å². The molecule has 0 atom stereocenters. The van der Waals surface area contributed by atoms with E-state index in [0.717, 1.165) is 5.69 Å². The zero-order valence-electron chi connectivity index (χ0n) is 10.8. The first-order valence-corrected chi connectivity index (χ1v) is 6.06. The summed E-state index contributed by atoms with van der Waals surface area (Å²) in [4.78, 5) is 22.9. The average molecular weight is 257 g/mol. The number of rotatable bonds is 4. The van der Waals surface area contributed by atoms with Gasteiger partial charge in [0.05, 0.1) is 11.3 Å². The van der Waals surface area contributed by atoms with Crippen LogP contribution in [-0.4, -0.2) is 21.4 Å². The van der Waals surface area contributed by atoms with Gasteiger partial charge in [0.15, 0.2) is 5.78 Å². The Balaban J connectivity index is 2.40. The number of benzene rings is 1. The molecule has 1 N–H and O–H groups in total. The summed E-state index contributed by atoms with van der Waals surface area (Å²) in [6.45, 7) is 3.71. The Morgan fingerprint density at radius 1 is 1.11 bits per heavy atom. The molecule has 0 radical (unpaired) electrons. The van der Waals surface area contributed by atoms with Crippen LogP contribution in [0.5, 0.6) is 0 Å². The Kier molecular flexibility index (Phi) is 3.51. The molecule has 2 aromatic rings. The fourth-order valence-electron chi connectivity index (χ4n) is 1.87. The molecule has 0 saturated heterocycles. The summed E-state index contributed by atoms with van der Waals surface area (Å²) in [6.07, 6.45) is 1.80. The largest absolute Gasteiger partial charge is 0.478 e. The zero-order chi connectivity index (χ0) is 14.0. The topological polar surface area (TPSA) is 59.3 Å². The van der Waals surface area contributed by atoms with E-state index >= 15 is 0 Å². The molecule has 4 heteroatoms. The van der Waals surface area contributed by atoms with Crippen molar-refractivity contribution in [1.29, 1.82) is 0 Å². The smallest absolute Gasteiger partial charge is 0.335 e. The van der Waals surface area contributed by atoms with Crippen molar-refractivity contribution in [2.45, 2.75) is 13.8 Å². The number of ketones is 1. The Morgan fingerprint density at radius 2 is 1.74 bits per heavy atom. The van der Waals surface area contributed by atoms with Crippen LogP contribution in [0.2, 0.25) is 0 Å². The number of carboxylic acid groups (broad SMARTS) is 1. The molecule has 1 aromatic heterocycles. The van der Waals surface area contributed by atoms with Gasteiger partial charge >= 0.3 is 5.97 Å². The summed E-state index contributed by atoms with van der Waals surface area (Å²) >= 11 is 0. The number of Topliss-reactive ketones (excluding diaryl/α,β-unsaturated/α-hetero) is 1. The molecule has 2 rings (SSSR count).